The zero-order valence-electron chi connectivity index (χ0n) is 8.11. The number of hydrogen-bond acceptors (Lipinski definition) is 3. The molecular formula is C11H11ClO2S. The zero-order chi connectivity index (χ0) is 10.7. The molecule has 0 bridgehead atoms. The number of ketones is 1. The first kappa shape index (κ1) is 11.0. The van der Waals surface area contributed by atoms with Crippen LogP contribution in [0.3, 0.4) is 0 Å². The topological polar surface area (TPSA) is 26.3 Å². The predicted molar refractivity (Wildman–Crippen MR) is 62.6 cm³/mol. The quantitative estimate of drug-likeness (QED) is 0.763. The molecule has 1 fully saturated rings. The summed E-state index contributed by atoms with van der Waals surface area (Å²) in [5, 5.41) is 0.651. The Morgan fingerprint density at radius 3 is 2.80 bits per heavy atom. The average Bonchev–Trinajstić information content (AvgIpc) is 2.71. The predicted octanol–water partition coefficient (Wildman–Crippen LogP) is 3.00. The van der Waals surface area contributed by atoms with E-state index in [-0.39, 0.29) is 11.2 Å². The average molecular weight is 243 g/mol. The molecule has 1 aliphatic rings. The Balaban J connectivity index is 1.98. The summed E-state index contributed by atoms with van der Waals surface area (Å²) in [6, 6.07) is 6.98. The molecule has 80 valence electrons. The number of carbonyl (C=O) groups excluding carboxylic acids is 1. The number of thioether (sulfide) groups is 1. The summed E-state index contributed by atoms with van der Waals surface area (Å²) in [4.78, 5) is 11.8. The van der Waals surface area contributed by atoms with Crippen molar-refractivity contribution >= 4 is 29.1 Å². The zero-order valence-corrected chi connectivity index (χ0v) is 9.68. The largest absolute Gasteiger partial charge is 0.366 e. The minimum Gasteiger partial charge on any atom is -0.366 e. The fourth-order valence-corrected chi connectivity index (χ4v) is 2.47. The smallest absolute Gasteiger partial charge is 0.166 e. The van der Waals surface area contributed by atoms with Crippen molar-refractivity contribution < 1.29 is 9.53 Å². The van der Waals surface area contributed by atoms with E-state index in [0.29, 0.717) is 17.0 Å². The molecule has 1 unspecified atom stereocenters. The summed E-state index contributed by atoms with van der Waals surface area (Å²) in [5.74, 6) is 1.10. The summed E-state index contributed by atoms with van der Waals surface area (Å²) in [5.41, 5.74) is 0.740. The molecule has 1 aromatic rings. The highest BCUT2D eigenvalue weighted by Gasteiger charge is 2.20. The van der Waals surface area contributed by atoms with E-state index in [2.05, 4.69) is 0 Å². The number of Topliss-reactive ketones (excluding diaryl/α,β-unsaturated/α-hetero) is 1. The van der Waals surface area contributed by atoms with Gasteiger partial charge in [0.05, 0.1) is 6.61 Å². The van der Waals surface area contributed by atoms with Gasteiger partial charge >= 0.3 is 0 Å². The van der Waals surface area contributed by atoms with Crippen LogP contribution in [-0.2, 0) is 4.74 Å². The van der Waals surface area contributed by atoms with Crippen LogP contribution in [0.4, 0.5) is 0 Å². The number of benzene rings is 1. The van der Waals surface area contributed by atoms with Gasteiger partial charge in [0.15, 0.2) is 5.78 Å². The van der Waals surface area contributed by atoms with Gasteiger partial charge in [0.25, 0.3) is 0 Å². The van der Waals surface area contributed by atoms with Crippen LogP contribution in [0.2, 0.25) is 5.02 Å². The molecule has 0 aromatic heterocycles. The number of halogens is 1. The standard InChI is InChI=1S/C11H11ClO2S/c12-9-3-1-8(2-4-9)10(13)7-11-14-5-6-15-11/h1-4,11H,5-7H2. The third-order valence-corrected chi connectivity index (χ3v) is 3.54. The summed E-state index contributed by atoms with van der Waals surface area (Å²) < 4.78 is 5.38. The molecule has 0 saturated carbocycles. The van der Waals surface area contributed by atoms with Crippen LogP contribution >= 0.6 is 23.4 Å². The van der Waals surface area contributed by atoms with E-state index < -0.39 is 0 Å². The third-order valence-electron chi connectivity index (χ3n) is 2.21. The van der Waals surface area contributed by atoms with Crippen molar-refractivity contribution in [1.82, 2.24) is 0 Å². The van der Waals surface area contributed by atoms with Crippen LogP contribution in [0, 0.1) is 0 Å². The third kappa shape index (κ3) is 2.97. The van der Waals surface area contributed by atoms with Crippen molar-refractivity contribution in [2.24, 2.45) is 0 Å². The molecule has 2 nitrogen and oxygen atoms in total. The van der Waals surface area contributed by atoms with E-state index in [4.69, 9.17) is 16.3 Å². The Morgan fingerprint density at radius 1 is 1.47 bits per heavy atom. The van der Waals surface area contributed by atoms with Crippen LogP contribution in [-0.4, -0.2) is 23.6 Å². The first-order valence-electron chi connectivity index (χ1n) is 4.78. The number of hydrogen-bond donors (Lipinski definition) is 0. The molecule has 0 N–H and O–H groups in total. The maximum absolute atomic E-state index is 11.8. The fourth-order valence-electron chi connectivity index (χ4n) is 1.43. The van der Waals surface area contributed by atoms with Gasteiger partial charge in [0, 0.05) is 22.8 Å². The molecule has 1 aromatic carbocycles. The Kier molecular flexibility index (Phi) is 3.67. The molecule has 1 aliphatic heterocycles. The lowest BCUT2D eigenvalue weighted by molar-refractivity contribution is 0.0876. The molecular weight excluding hydrogens is 232 g/mol. The van der Waals surface area contributed by atoms with Crippen molar-refractivity contribution in [1.29, 1.82) is 0 Å². The molecule has 1 heterocycles. The molecule has 15 heavy (non-hydrogen) atoms. The van der Waals surface area contributed by atoms with Gasteiger partial charge in [-0.05, 0) is 24.3 Å². The van der Waals surface area contributed by atoms with Crippen LogP contribution in [0.1, 0.15) is 16.8 Å². The monoisotopic (exact) mass is 242 g/mol. The van der Waals surface area contributed by atoms with Crippen molar-refractivity contribution in [2.45, 2.75) is 11.9 Å². The molecule has 0 radical (unpaired) electrons. The first-order chi connectivity index (χ1) is 7.25. The van der Waals surface area contributed by atoms with Crippen molar-refractivity contribution in [3.05, 3.63) is 34.9 Å². The Labute approximate surface area is 98.0 Å². The molecule has 2 rings (SSSR count). The Hall–Kier alpha value is -0.510. The lowest BCUT2D eigenvalue weighted by Gasteiger charge is -2.07. The molecule has 0 spiro atoms. The van der Waals surface area contributed by atoms with Gasteiger partial charge in [-0.3, -0.25) is 4.79 Å². The molecule has 0 amide bonds. The van der Waals surface area contributed by atoms with E-state index in [1.54, 1.807) is 36.0 Å². The van der Waals surface area contributed by atoms with E-state index in [1.165, 1.54) is 0 Å². The Bertz CT molecular complexity index is 344. The minimum atomic E-state index is 0.0354. The minimum absolute atomic E-state index is 0.0354. The summed E-state index contributed by atoms with van der Waals surface area (Å²) in [6.45, 7) is 0.753. The normalized spacial score (nSPS) is 20.5. The van der Waals surface area contributed by atoms with E-state index in [9.17, 15) is 4.79 Å². The van der Waals surface area contributed by atoms with E-state index in [0.717, 1.165) is 12.4 Å². The van der Waals surface area contributed by atoms with Crippen LogP contribution in [0.5, 0.6) is 0 Å². The van der Waals surface area contributed by atoms with E-state index >= 15 is 0 Å². The second-order valence-electron chi connectivity index (χ2n) is 3.31. The van der Waals surface area contributed by atoms with Gasteiger partial charge in [-0.25, -0.2) is 0 Å². The van der Waals surface area contributed by atoms with Crippen LogP contribution < -0.4 is 0 Å². The van der Waals surface area contributed by atoms with Crippen LogP contribution in [0.25, 0.3) is 0 Å². The van der Waals surface area contributed by atoms with Gasteiger partial charge in [-0.15, -0.1) is 11.8 Å². The SMILES string of the molecule is O=C(CC1OCCS1)c1ccc(Cl)cc1. The number of ether oxygens (including phenoxy) is 1. The fraction of sp³-hybridized carbons (Fsp3) is 0.364. The molecule has 0 aliphatic carbocycles. The maximum atomic E-state index is 11.8. The van der Waals surface area contributed by atoms with Crippen molar-refractivity contribution in [2.75, 3.05) is 12.4 Å². The maximum Gasteiger partial charge on any atom is 0.166 e. The highest BCUT2D eigenvalue weighted by molar-refractivity contribution is 8.00. The second kappa shape index (κ2) is 5.01. The molecule has 1 saturated heterocycles. The van der Waals surface area contributed by atoms with Crippen LogP contribution in [0.15, 0.2) is 24.3 Å². The number of rotatable bonds is 3. The molecule has 1 atom stereocenters. The first-order valence-corrected chi connectivity index (χ1v) is 6.20. The van der Waals surface area contributed by atoms with Gasteiger partial charge in [0.1, 0.15) is 5.44 Å². The van der Waals surface area contributed by atoms with Crippen molar-refractivity contribution in [3.63, 3.8) is 0 Å². The lowest BCUT2D eigenvalue weighted by atomic mass is 10.1. The van der Waals surface area contributed by atoms with Gasteiger partial charge in [-0.2, -0.15) is 0 Å². The lowest BCUT2D eigenvalue weighted by Crippen LogP contribution is -2.10. The van der Waals surface area contributed by atoms with Gasteiger partial charge < -0.3 is 4.74 Å². The highest BCUT2D eigenvalue weighted by Crippen LogP contribution is 2.24. The van der Waals surface area contributed by atoms with E-state index in [1.807, 2.05) is 0 Å². The summed E-state index contributed by atoms with van der Waals surface area (Å²) >= 11 is 7.45. The summed E-state index contributed by atoms with van der Waals surface area (Å²) in [7, 11) is 0. The van der Waals surface area contributed by atoms with Gasteiger partial charge in [-0.1, -0.05) is 11.6 Å². The molecule has 4 heteroatoms. The Morgan fingerprint density at radius 2 is 2.20 bits per heavy atom. The van der Waals surface area contributed by atoms with Crippen molar-refractivity contribution in [3.8, 4) is 0 Å². The van der Waals surface area contributed by atoms with Gasteiger partial charge in [0.2, 0.25) is 0 Å². The second-order valence-corrected chi connectivity index (χ2v) is 5.01. The highest BCUT2D eigenvalue weighted by atomic mass is 35.5. The number of carbonyl (C=O) groups is 1. The summed E-state index contributed by atoms with van der Waals surface area (Å²) in [6.07, 6.45) is 0.451.